The molecule has 3 saturated heterocycles. The molecule has 1 aromatic carbocycles. The number of nitrogens with zero attached hydrogens (tertiary/aromatic N) is 5. The molecule has 3 aliphatic rings. The highest BCUT2D eigenvalue weighted by molar-refractivity contribution is 5.64. The first-order valence-electron chi connectivity index (χ1n) is 12.2. The molecule has 3 fully saturated rings. The quantitative estimate of drug-likeness (QED) is 0.391. The van der Waals surface area contributed by atoms with Crippen LogP contribution in [0.25, 0.3) is 0 Å². The minimum atomic E-state index is -1.21. The third kappa shape index (κ3) is 6.17. The monoisotopic (exact) mass is 481 g/mol. The van der Waals surface area contributed by atoms with E-state index in [1.165, 1.54) is 113 Å². The summed E-state index contributed by atoms with van der Waals surface area (Å²) in [5.74, 6) is -1.21. The highest BCUT2D eigenvalue weighted by Gasteiger charge is 2.42. The molecule has 2 spiro atoms. The molecule has 0 atom stereocenters. The van der Waals surface area contributed by atoms with Gasteiger partial charge < -0.3 is 14.1 Å². The maximum Gasteiger partial charge on any atom is 0.324 e. The van der Waals surface area contributed by atoms with Gasteiger partial charge >= 0.3 is 11.4 Å². The fraction of sp³-hybridized carbons (Fsp3) is 0.727. The van der Waals surface area contributed by atoms with E-state index in [9.17, 15) is 30.3 Å². The maximum absolute atomic E-state index is 10.4. The Morgan fingerprint density at radius 2 is 0.882 bits per heavy atom. The lowest BCUT2D eigenvalue weighted by Crippen LogP contribution is -2.68. The summed E-state index contributed by atoms with van der Waals surface area (Å²) < 4.78 is 3.00. The smallest absolute Gasteiger partial charge is 0.324 e. The Kier molecular flexibility index (Phi) is 8.37. The minimum Gasteiger partial charge on any atom is -0.497 e. The predicted octanol–water partition coefficient (Wildman–Crippen LogP) is 3.90. The third-order valence-corrected chi connectivity index (χ3v) is 7.79. The van der Waals surface area contributed by atoms with E-state index in [1.54, 1.807) is 0 Å². The lowest BCUT2D eigenvalue weighted by Gasteiger charge is -2.51. The van der Waals surface area contributed by atoms with Crippen molar-refractivity contribution in [1.29, 1.82) is 0 Å². The van der Waals surface area contributed by atoms with Gasteiger partial charge in [0, 0.05) is 0 Å². The number of rotatable bonds is 3. The lowest BCUT2D eigenvalue weighted by molar-refractivity contribution is -1.03. The molecule has 0 aliphatic carbocycles. The number of phenols is 1. The van der Waals surface area contributed by atoms with Crippen LogP contribution in [0.2, 0.25) is 0 Å². The van der Waals surface area contributed by atoms with E-state index in [0.717, 1.165) is 0 Å². The minimum absolute atomic E-state index is 0.447. The molecular formula is C22H35N5O7+2. The van der Waals surface area contributed by atoms with Crippen LogP contribution in [0.4, 0.5) is 17.1 Å². The first kappa shape index (κ1) is 25.8. The molecule has 188 valence electrons. The standard InChI is InChI=1S/C16H32N2.C6H3N3O7/c1-2-5-9-17(10-6-3-1)13-15-18(16-14-17)11-7-4-8-12-18;10-6-4(8(13)14)1-3(7(11)12)2-5(6)9(15)16/h1-16H2;1-2,10H/q+2;. The summed E-state index contributed by atoms with van der Waals surface area (Å²) in [7, 11) is 0. The largest absolute Gasteiger partial charge is 0.497 e. The molecule has 0 aromatic heterocycles. The van der Waals surface area contributed by atoms with Gasteiger partial charge in [-0.25, -0.2) is 0 Å². The van der Waals surface area contributed by atoms with Crippen molar-refractivity contribution in [2.45, 2.75) is 51.4 Å². The average molecular weight is 482 g/mol. The Morgan fingerprint density at radius 1 is 0.559 bits per heavy atom. The molecule has 0 amide bonds. The Balaban J connectivity index is 0.000000192. The van der Waals surface area contributed by atoms with Gasteiger partial charge in [-0.05, 0) is 44.9 Å². The maximum atomic E-state index is 10.4. The molecule has 1 aromatic rings. The van der Waals surface area contributed by atoms with Gasteiger partial charge in [0.25, 0.3) is 11.4 Å². The van der Waals surface area contributed by atoms with Crippen LogP contribution in [0, 0.1) is 30.3 Å². The Labute approximate surface area is 198 Å². The number of hydrogen-bond donors (Lipinski definition) is 1. The second-order valence-electron chi connectivity index (χ2n) is 9.90. The average Bonchev–Trinajstić information content (AvgIpc) is 2.79. The van der Waals surface area contributed by atoms with E-state index >= 15 is 0 Å². The molecule has 0 unspecified atom stereocenters. The molecule has 3 aliphatic heterocycles. The number of piperidine rings is 1. The van der Waals surface area contributed by atoms with Gasteiger partial charge in [0.1, 0.15) is 26.2 Å². The molecule has 1 N–H and O–H groups in total. The molecule has 12 nitrogen and oxygen atoms in total. The summed E-state index contributed by atoms with van der Waals surface area (Å²) in [6.07, 6.45) is 12.0. The molecule has 0 bridgehead atoms. The van der Waals surface area contributed by atoms with Crippen LogP contribution < -0.4 is 0 Å². The molecule has 0 radical (unpaired) electrons. The summed E-state index contributed by atoms with van der Waals surface area (Å²) in [4.78, 5) is 27.8. The Hall–Kier alpha value is -2.86. The van der Waals surface area contributed by atoms with Gasteiger partial charge in [-0.3, -0.25) is 30.3 Å². The van der Waals surface area contributed by atoms with Crippen molar-refractivity contribution in [2.75, 3.05) is 52.4 Å². The highest BCUT2D eigenvalue weighted by Crippen LogP contribution is 2.39. The molecule has 12 heteroatoms. The van der Waals surface area contributed by atoms with Crippen LogP contribution in [0.1, 0.15) is 51.4 Å². The van der Waals surface area contributed by atoms with Crippen LogP contribution in [0.5, 0.6) is 5.75 Å². The molecule has 4 rings (SSSR count). The first-order valence-corrected chi connectivity index (χ1v) is 12.2. The van der Waals surface area contributed by atoms with Gasteiger partial charge in [0.05, 0.1) is 53.1 Å². The van der Waals surface area contributed by atoms with E-state index in [2.05, 4.69) is 0 Å². The third-order valence-electron chi connectivity index (χ3n) is 7.79. The number of aromatic hydroxyl groups is 1. The normalized spacial score (nSPS) is 21.5. The van der Waals surface area contributed by atoms with Gasteiger partial charge in [-0.15, -0.1) is 0 Å². The second kappa shape index (κ2) is 11.0. The topological polar surface area (TPSA) is 150 Å². The number of piperazine rings is 1. The number of quaternary nitrogens is 2. The Bertz CT molecular complexity index is 862. The van der Waals surface area contributed by atoms with Crippen LogP contribution in [-0.2, 0) is 0 Å². The summed E-state index contributed by atoms with van der Waals surface area (Å²) >= 11 is 0. The van der Waals surface area contributed by atoms with Crippen molar-refractivity contribution in [3.8, 4) is 5.75 Å². The van der Waals surface area contributed by atoms with Gasteiger partial charge in [-0.2, -0.15) is 0 Å². The molecular weight excluding hydrogens is 446 g/mol. The predicted molar refractivity (Wildman–Crippen MR) is 124 cm³/mol. The van der Waals surface area contributed by atoms with Crippen molar-refractivity contribution in [3.63, 3.8) is 0 Å². The zero-order chi connectivity index (χ0) is 24.8. The SMILES string of the molecule is C1CCC[N+]2(CCC1)CC[N+]1(CCCCC1)CC2.O=[N+]([O-])c1cc([N+](=O)[O-])c(O)c([N+](=O)[O-])c1. The van der Waals surface area contributed by atoms with Crippen molar-refractivity contribution in [2.24, 2.45) is 0 Å². The van der Waals surface area contributed by atoms with Crippen molar-refractivity contribution < 1.29 is 28.8 Å². The van der Waals surface area contributed by atoms with Crippen LogP contribution in [0.15, 0.2) is 12.1 Å². The van der Waals surface area contributed by atoms with Crippen LogP contribution in [-0.4, -0.2) is 81.2 Å². The van der Waals surface area contributed by atoms with Crippen molar-refractivity contribution >= 4 is 17.1 Å². The van der Waals surface area contributed by atoms with E-state index in [4.69, 9.17) is 5.11 Å². The molecule has 3 heterocycles. The van der Waals surface area contributed by atoms with Crippen LogP contribution in [0.3, 0.4) is 0 Å². The summed E-state index contributed by atoms with van der Waals surface area (Å²) in [6.45, 7) is 12.0. The van der Waals surface area contributed by atoms with E-state index < -0.39 is 37.6 Å². The zero-order valence-corrected chi connectivity index (χ0v) is 19.6. The second-order valence-corrected chi connectivity index (χ2v) is 9.90. The fourth-order valence-corrected chi connectivity index (χ4v) is 5.66. The number of non-ortho nitro benzene ring substituents is 1. The van der Waals surface area contributed by atoms with Gasteiger partial charge in [0.15, 0.2) is 0 Å². The summed E-state index contributed by atoms with van der Waals surface area (Å²) in [6, 6.07) is 0.894. The first-order chi connectivity index (χ1) is 16.2. The fourth-order valence-electron chi connectivity index (χ4n) is 5.66. The van der Waals surface area contributed by atoms with E-state index in [-0.39, 0.29) is 0 Å². The molecule has 0 saturated carbocycles. The number of nitro groups is 3. The Morgan fingerprint density at radius 3 is 1.21 bits per heavy atom. The highest BCUT2D eigenvalue weighted by atomic mass is 16.6. The van der Waals surface area contributed by atoms with E-state index in [0.29, 0.717) is 12.1 Å². The number of phenolic OH excluding ortho intramolecular Hbond substituents is 1. The zero-order valence-electron chi connectivity index (χ0n) is 19.6. The van der Waals surface area contributed by atoms with E-state index in [1.807, 2.05) is 0 Å². The van der Waals surface area contributed by atoms with Crippen molar-refractivity contribution in [1.82, 2.24) is 0 Å². The van der Waals surface area contributed by atoms with Gasteiger partial charge in [0.2, 0.25) is 0 Å². The number of hydrogen-bond acceptors (Lipinski definition) is 7. The van der Waals surface area contributed by atoms with Crippen LogP contribution >= 0.6 is 0 Å². The summed E-state index contributed by atoms with van der Waals surface area (Å²) in [5, 5.41) is 40.2. The lowest BCUT2D eigenvalue weighted by atomic mass is 10.0. The summed E-state index contributed by atoms with van der Waals surface area (Å²) in [5.41, 5.74) is -3.00. The number of benzene rings is 1. The van der Waals surface area contributed by atoms with Crippen molar-refractivity contribution in [3.05, 3.63) is 42.5 Å². The molecule has 34 heavy (non-hydrogen) atoms. The number of nitro benzene ring substituents is 3. The van der Waals surface area contributed by atoms with Gasteiger partial charge in [-0.1, -0.05) is 6.42 Å².